The zero-order valence-electron chi connectivity index (χ0n) is 14.3. The Kier molecular flexibility index (Phi) is 9.61. The molecule has 132 valence electrons. The predicted molar refractivity (Wildman–Crippen MR) is 115 cm³/mol. The molecule has 0 saturated heterocycles. The van der Waals surface area contributed by atoms with E-state index in [1.54, 1.807) is 11.3 Å². The van der Waals surface area contributed by atoms with Crippen molar-refractivity contribution in [1.82, 2.24) is 15.2 Å². The van der Waals surface area contributed by atoms with Crippen LogP contribution >= 0.6 is 46.9 Å². The Bertz CT molecular complexity index is 642. The minimum Gasteiger partial charge on any atom is -0.357 e. The molecule has 0 atom stereocenters. The molecule has 0 saturated carbocycles. The van der Waals surface area contributed by atoms with Gasteiger partial charge in [-0.1, -0.05) is 23.7 Å². The molecule has 0 unspecified atom stereocenters. The van der Waals surface area contributed by atoms with E-state index in [0.29, 0.717) is 0 Å². The number of hydrogen-bond donors (Lipinski definition) is 1. The number of benzene rings is 1. The fraction of sp³-hybridized carbons (Fsp3) is 0.412. The zero-order valence-corrected chi connectivity index (χ0v) is 18.2. The van der Waals surface area contributed by atoms with Crippen molar-refractivity contribution in [2.45, 2.75) is 26.8 Å². The second-order valence-electron chi connectivity index (χ2n) is 5.33. The Hall–Kier alpha value is -0.860. The van der Waals surface area contributed by atoms with Gasteiger partial charge in [0.2, 0.25) is 0 Å². The Morgan fingerprint density at radius 2 is 2.04 bits per heavy atom. The molecule has 0 amide bonds. The summed E-state index contributed by atoms with van der Waals surface area (Å²) >= 11 is 7.67. The van der Waals surface area contributed by atoms with Crippen molar-refractivity contribution in [1.29, 1.82) is 0 Å². The average molecular weight is 479 g/mol. The third kappa shape index (κ3) is 6.94. The molecule has 0 radical (unpaired) electrons. The Balaban J connectivity index is 0.00000288. The monoisotopic (exact) mass is 478 g/mol. The minimum absolute atomic E-state index is 0. The molecule has 0 aliphatic carbocycles. The highest BCUT2D eigenvalue weighted by Gasteiger charge is 2.07. The summed E-state index contributed by atoms with van der Waals surface area (Å²) in [5.41, 5.74) is 1.21. The van der Waals surface area contributed by atoms with Gasteiger partial charge in [-0.3, -0.25) is 4.99 Å². The second kappa shape index (κ2) is 10.9. The molecule has 24 heavy (non-hydrogen) atoms. The van der Waals surface area contributed by atoms with Gasteiger partial charge in [0.05, 0.1) is 5.01 Å². The van der Waals surface area contributed by atoms with Crippen molar-refractivity contribution in [2.75, 3.05) is 20.1 Å². The molecule has 1 aromatic heterocycles. The maximum atomic E-state index is 5.93. The number of aromatic nitrogens is 1. The minimum atomic E-state index is 0. The summed E-state index contributed by atoms with van der Waals surface area (Å²) < 4.78 is 0. The van der Waals surface area contributed by atoms with E-state index in [2.05, 4.69) is 29.0 Å². The SMILES string of the molecule is CCNC(=NCCc1ncc(C)s1)N(C)Cc1ccc(Cl)cc1.I. The van der Waals surface area contributed by atoms with Gasteiger partial charge in [-0.25, -0.2) is 4.98 Å². The van der Waals surface area contributed by atoms with Crippen LogP contribution in [-0.2, 0) is 13.0 Å². The zero-order chi connectivity index (χ0) is 16.7. The van der Waals surface area contributed by atoms with Gasteiger partial charge in [0, 0.05) is 49.2 Å². The van der Waals surface area contributed by atoms with Crippen LogP contribution in [0.4, 0.5) is 0 Å². The predicted octanol–water partition coefficient (Wildman–Crippen LogP) is 4.36. The van der Waals surface area contributed by atoms with E-state index in [1.165, 1.54) is 10.4 Å². The number of hydrogen-bond acceptors (Lipinski definition) is 3. The van der Waals surface area contributed by atoms with Crippen LogP contribution in [0.5, 0.6) is 0 Å². The van der Waals surface area contributed by atoms with Crippen LogP contribution in [0.15, 0.2) is 35.5 Å². The van der Waals surface area contributed by atoms with Crippen molar-refractivity contribution in [3.8, 4) is 0 Å². The number of nitrogens with one attached hydrogen (secondary N) is 1. The molecule has 0 bridgehead atoms. The Morgan fingerprint density at radius 3 is 2.62 bits per heavy atom. The molecule has 1 N–H and O–H groups in total. The van der Waals surface area contributed by atoms with Crippen LogP contribution in [0, 0.1) is 6.92 Å². The lowest BCUT2D eigenvalue weighted by Crippen LogP contribution is -2.38. The number of rotatable bonds is 6. The van der Waals surface area contributed by atoms with E-state index < -0.39 is 0 Å². The normalized spacial score (nSPS) is 11.1. The van der Waals surface area contributed by atoms with E-state index in [4.69, 9.17) is 16.6 Å². The van der Waals surface area contributed by atoms with Crippen LogP contribution in [0.2, 0.25) is 5.02 Å². The summed E-state index contributed by atoms with van der Waals surface area (Å²) in [6.45, 7) is 6.53. The lowest BCUT2D eigenvalue weighted by atomic mass is 10.2. The van der Waals surface area contributed by atoms with Gasteiger partial charge in [-0.15, -0.1) is 35.3 Å². The summed E-state index contributed by atoms with van der Waals surface area (Å²) in [4.78, 5) is 12.5. The lowest BCUT2D eigenvalue weighted by Gasteiger charge is -2.22. The van der Waals surface area contributed by atoms with Gasteiger partial charge in [0.15, 0.2) is 5.96 Å². The van der Waals surface area contributed by atoms with E-state index in [-0.39, 0.29) is 24.0 Å². The third-order valence-corrected chi connectivity index (χ3v) is 4.51. The third-order valence-electron chi connectivity index (χ3n) is 3.29. The second-order valence-corrected chi connectivity index (χ2v) is 7.09. The molecular formula is C17H24ClIN4S. The molecule has 0 aliphatic heterocycles. The molecule has 2 rings (SSSR count). The van der Waals surface area contributed by atoms with Gasteiger partial charge in [-0.2, -0.15) is 0 Å². The molecule has 2 aromatic rings. The van der Waals surface area contributed by atoms with E-state index in [1.807, 2.05) is 37.5 Å². The van der Waals surface area contributed by atoms with Crippen molar-refractivity contribution in [3.63, 3.8) is 0 Å². The topological polar surface area (TPSA) is 40.5 Å². The largest absolute Gasteiger partial charge is 0.357 e. The average Bonchev–Trinajstić information content (AvgIpc) is 2.94. The van der Waals surface area contributed by atoms with E-state index >= 15 is 0 Å². The van der Waals surface area contributed by atoms with Gasteiger partial charge < -0.3 is 10.2 Å². The first-order chi connectivity index (χ1) is 11.1. The highest BCUT2D eigenvalue weighted by Crippen LogP contribution is 2.12. The maximum Gasteiger partial charge on any atom is 0.193 e. The molecule has 0 aliphatic rings. The first-order valence-corrected chi connectivity index (χ1v) is 8.93. The molecule has 0 fully saturated rings. The first-order valence-electron chi connectivity index (χ1n) is 7.73. The summed E-state index contributed by atoms with van der Waals surface area (Å²) in [7, 11) is 2.05. The number of thiazole rings is 1. The Labute approximate surface area is 170 Å². The molecule has 1 heterocycles. The fourth-order valence-corrected chi connectivity index (χ4v) is 3.08. The number of nitrogens with zero attached hydrogens (tertiary/aromatic N) is 3. The first kappa shape index (κ1) is 21.2. The van der Waals surface area contributed by atoms with Crippen LogP contribution < -0.4 is 5.32 Å². The summed E-state index contributed by atoms with van der Waals surface area (Å²) in [6.07, 6.45) is 2.80. The molecule has 7 heteroatoms. The number of aryl methyl sites for hydroxylation is 1. The summed E-state index contributed by atoms with van der Waals surface area (Å²) in [5, 5.41) is 5.24. The quantitative estimate of drug-likeness (QED) is 0.381. The smallest absolute Gasteiger partial charge is 0.193 e. The molecule has 4 nitrogen and oxygen atoms in total. The van der Waals surface area contributed by atoms with Crippen molar-refractivity contribution in [2.24, 2.45) is 4.99 Å². The molecule has 1 aromatic carbocycles. The van der Waals surface area contributed by atoms with Crippen LogP contribution in [0.1, 0.15) is 22.4 Å². The van der Waals surface area contributed by atoms with Crippen molar-refractivity contribution < 1.29 is 0 Å². The number of halogens is 2. The lowest BCUT2D eigenvalue weighted by molar-refractivity contribution is 0.477. The van der Waals surface area contributed by atoms with Gasteiger partial charge >= 0.3 is 0 Å². The fourth-order valence-electron chi connectivity index (χ4n) is 2.18. The van der Waals surface area contributed by atoms with Gasteiger partial charge in [0.1, 0.15) is 0 Å². The number of aliphatic imine (C=N–C) groups is 1. The van der Waals surface area contributed by atoms with E-state index in [9.17, 15) is 0 Å². The van der Waals surface area contributed by atoms with E-state index in [0.717, 1.165) is 42.0 Å². The Morgan fingerprint density at radius 1 is 1.33 bits per heavy atom. The standard InChI is InChI=1S/C17H23ClN4S.HI/c1-4-19-17(20-10-9-16-21-11-13(2)23-16)22(3)12-14-5-7-15(18)8-6-14;/h5-8,11H,4,9-10,12H2,1-3H3,(H,19,20);1H. The molecular weight excluding hydrogens is 455 g/mol. The van der Waals surface area contributed by atoms with Crippen molar-refractivity contribution >= 4 is 52.9 Å². The summed E-state index contributed by atoms with van der Waals surface area (Å²) in [6, 6.07) is 7.92. The van der Waals surface area contributed by atoms with Crippen molar-refractivity contribution in [3.05, 3.63) is 50.9 Å². The van der Waals surface area contributed by atoms with Crippen LogP contribution in [-0.4, -0.2) is 36.0 Å². The van der Waals surface area contributed by atoms with Crippen LogP contribution in [0.3, 0.4) is 0 Å². The van der Waals surface area contributed by atoms with Gasteiger partial charge in [-0.05, 0) is 31.5 Å². The number of guanidine groups is 1. The van der Waals surface area contributed by atoms with Gasteiger partial charge in [0.25, 0.3) is 0 Å². The highest BCUT2D eigenvalue weighted by molar-refractivity contribution is 14.0. The molecule has 0 spiro atoms. The van der Waals surface area contributed by atoms with Crippen LogP contribution in [0.25, 0.3) is 0 Å². The maximum absolute atomic E-state index is 5.93. The summed E-state index contributed by atoms with van der Waals surface area (Å²) in [5.74, 6) is 0.913. The highest BCUT2D eigenvalue weighted by atomic mass is 127.